The number of allylic oxidation sites excluding steroid dienone is 1. The predicted octanol–water partition coefficient (Wildman–Crippen LogP) is 3.40. The topological polar surface area (TPSA) is 0 Å². The van der Waals surface area contributed by atoms with Crippen LogP contribution in [0.5, 0.6) is 0 Å². The van der Waals surface area contributed by atoms with Crippen LogP contribution in [0.3, 0.4) is 0 Å². The van der Waals surface area contributed by atoms with E-state index in [1.807, 2.05) is 6.08 Å². The van der Waals surface area contributed by atoms with Crippen molar-refractivity contribution in [2.45, 2.75) is 33.6 Å². The second kappa shape index (κ2) is 6.77. The van der Waals surface area contributed by atoms with Crippen molar-refractivity contribution in [3.8, 4) is 11.8 Å². The van der Waals surface area contributed by atoms with Crippen molar-refractivity contribution in [1.82, 2.24) is 0 Å². The van der Waals surface area contributed by atoms with Gasteiger partial charge in [-0.3, -0.25) is 0 Å². The van der Waals surface area contributed by atoms with Crippen LogP contribution >= 0.6 is 0 Å². The minimum Gasteiger partial charge on any atom is -0.133 e. The molecule has 0 aliphatic carbocycles. The summed E-state index contributed by atoms with van der Waals surface area (Å²) in [5.74, 6) is 7.33. The minimum absolute atomic E-state index is 0.490. The molecular weight excluding hydrogens is 144 g/mol. The molecule has 0 aromatic heterocycles. The van der Waals surface area contributed by atoms with Gasteiger partial charge in [0.05, 0.1) is 0 Å². The molecule has 0 rings (SSSR count). The third kappa shape index (κ3) is 5.83. The van der Waals surface area contributed by atoms with Crippen molar-refractivity contribution in [3.05, 3.63) is 18.4 Å². The summed E-state index contributed by atoms with van der Waals surface area (Å²) in [6.07, 6.45) is 4.07. The lowest BCUT2D eigenvalue weighted by atomic mass is 9.98. The minimum atomic E-state index is 0.490. The first-order valence-electron chi connectivity index (χ1n) is 4.55. The Morgan fingerprint density at radius 2 is 2.08 bits per heavy atom. The van der Waals surface area contributed by atoms with Crippen LogP contribution in [0.2, 0.25) is 0 Å². The smallest absolute Gasteiger partial charge is 0.0180 e. The largest absolute Gasteiger partial charge is 0.133 e. The van der Waals surface area contributed by atoms with Gasteiger partial charge in [0.2, 0.25) is 0 Å². The Morgan fingerprint density at radius 3 is 2.58 bits per heavy atom. The van der Waals surface area contributed by atoms with E-state index in [9.17, 15) is 0 Å². The van der Waals surface area contributed by atoms with Crippen molar-refractivity contribution < 1.29 is 0 Å². The SMILES string of the molecule is C=C=CC(C)CC(C)C#CCC. The number of hydrogen-bond acceptors (Lipinski definition) is 0. The standard InChI is InChI=1S/C12H18/c1-5-7-9-12(4)10-11(3)8-6-2/h8,11-12H,2,5,10H2,1,3-4H3. The second-order valence-electron chi connectivity index (χ2n) is 3.16. The number of hydrogen-bond donors (Lipinski definition) is 0. The first-order valence-corrected chi connectivity index (χ1v) is 4.55. The van der Waals surface area contributed by atoms with Crippen LogP contribution in [0.15, 0.2) is 18.4 Å². The third-order valence-electron chi connectivity index (χ3n) is 1.65. The fraction of sp³-hybridized carbons (Fsp3) is 0.583. The Kier molecular flexibility index (Phi) is 6.25. The summed E-state index contributed by atoms with van der Waals surface area (Å²) in [4.78, 5) is 0. The van der Waals surface area contributed by atoms with E-state index in [4.69, 9.17) is 0 Å². The van der Waals surface area contributed by atoms with E-state index < -0.39 is 0 Å². The van der Waals surface area contributed by atoms with Crippen LogP contribution in [0.1, 0.15) is 33.6 Å². The first kappa shape index (κ1) is 11.1. The van der Waals surface area contributed by atoms with E-state index >= 15 is 0 Å². The van der Waals surface area contributed by atoms with E-state index in [1.165, 1.54) is 0 Å². The fourth-order valence-electron chi connectivity index (χ4n) is 1.16. The molecule has 0 aliphatic rings. The molecule has 12 heavy (non-hydrogen) atoms. The quantitative estimate of drug-likeness (QED) is 0.440. The van der Waals surface area contributed by atoms with Crippen LogP contribution in [-0.4, -0.2) is 0 Å². The van der Waals surface area contributed by atoms with Gasteiger partial charge in [0.1, 0.15) is 0 Å². The summed E-state index contributed by atoms with van der Waals surface area (Å²) in [5.41, 5.74) is 2.81. The summed E-state index contributed by atoms with van der Waals surface area (Å²) in [5, 5.41) is 0. The first-order chi connectivity index (χ1) is 5.70. The summed E-state index contributed by atoms with van der Waals surface area (Å²) < 4.78 is 0. The molecule has 0 fully saturated rings. The molecule has 0 bridgehead atoms. The Hall–Kier alpha value is -0.920. The lowest BCUT2D eigenvalue weighted by Crippen LogP contribution is -1.97. The molecule has 0 saturated heterocycles. The zero-order valence-electron chi connectivity index (χ0n) is 8.35. The van der Waals surface area contributed by atoms with Crippen LogP contribution in [0.25, 0.3) is 0 Å². The van der Waals surface area contributed by atoms with Crippen LogP contribution in [-0.2, 0) is 0 Å². The van der Waals surface area contributed by atoms with Gasteiger partial charge in [-0.2, -0.15) is 0 Å². The van der Waals surface area contributed by atoms with E-state index in [1.54, 1.807) is 0 Å². The van der Waals surface area contributed by atoms with Crippen molar-refractivity contribution >= 4 is 0 Å². The molecule has 0 amide bonds. The molecule has 2 unspecified atom stereocenters. The molecule has 0 saturated carbocycles. The Labute approximate surface area is 76.4 Å². The lowest BCUT2D eigenvalue weighted by Gasteiger charge is -2.06. The maximum atomic E-state index is 3.55. The highest BCUT2D eigenvalue weighted by molar-refractivity contribution is 5.02. The van der Waals surface area contributed by atoms with Crippen molar-refractivity contribution in [1.29, 1.82) is 0 Å². The molecule has 0 heteroatoms. The van der Waals surface area contributed by atoms with Crippen LogP contribution in [0.4, 0.5) is 0 Å². The number of rotatable bonds is 3. The van der Waals surface area contributed by atoms with E-state index in [-0.39, 0.29) is 0 Å². The van der Waals surface area contributed by atoms with Crippen LogP contribution in [0, 0.1) is 23.7 Å². The highest BCUT2D eigenvalue weighted by Gasteiger charge is 2.01. The zero-order chi connectivity index (χ0) is 9.40. The van der Waals surface area contributed by atoms with E-state index in [0.29, 0.717) is 11.8 Å². The highest BCUT2D eigenvalue weighted by atomic mass is 14.1. The summed E-state index contributed by atoms with van der Waals surface area (Å²) in [7, 11) is 0. The maximum absolute atomic E-state index is 3.55. The zero-order valence-corrected chi connectivity index (χ0v) is 8.35. The third-order valence-corrected chi connectivity index (χ3v) is 1.65. The van der Waals surface area contributed by atoms with Gasteiger partial charge < -0.3 is 0 Å². The van der Waals surface area contributed by atoms with Gasteiger partial charge in [0.25, 0.3) is 0 Å². The second-order valence-corrected chi connectivity index (χ2v) is 3.16. The normalized spacial score (nSPS) is 13.6. The molecule has 2 atom stereocenters. The molecular formula is C12H18. The molecule has 0 nitrogen and oxygen atoms in total. The van der Waals surface area contributed by atoms with E-state index in [0.717, 1.165) is 12.8 Å². The molecule has 66 valence electrons. The Balaban J connectivity index is 3.83. The molecule has 0 aliphatic heterocycles. The van der Waals surface area contributed by atoms with Gasteiger partial charge in [0.15, 0.2) is 0 Å². The Morgan fingerprint density at radius 1 is 1.42 bits per heavy atom. The van der Waals surface area contributed by atoms with Crippen molar-refractivity contribution in [2.75, 3.05) is 0 Å². The van der Waals surface area contributed by atoms with Gasteiger partial charge in [-0.1, -0.05) is 27.4 Å². The average Bonchev–Trinajstić information content (AvgIpc) is 2.01. The van der Waals surface area contributed by atoms with Gasteiger partial charge >= 0.3 is 0 Å². The van der Waals surface area contributed by atoms with Crippen LogP contribution < -0.4 is 0 Å². The highest BCUT2D eigenvalue weighted by Crippen LogP contribution is 2.11. The molecule has 0 radical (unpaired) electrons. The van der Waals surface area contributed by atoms with E-state index in [2.05, 4.69) is 44.9 Å². The lowest BCUT2D eigenvalue weighted by molar-refractivity contribution is 0.557. The summed E-state index contributed by atoms with van der Waals surface area (Å²) in [6.45, 7) is 9.96. The fourth-order valence-corrected chi connectivity index (χ4v) is 1.16. The molecule has 0 N–H and O–H groups in total. The average molecular weight is 162 g/mol. The van der Waals surface area contributed by atoms with Gasteiger partial charge in [0, 0.05) is 12.3 Å². The molecule has 0 heterocycles. The predicted molar refractivity (Wildman–Crippen MR) is 54.7 cm³/mol. The molecule has 0 aromatic rings. The van der Waals surface area contributed by atoms with Crippen molar-refractivity contribution in [3.63, 3.8) is 0 Å². The maximum Gasteiger partial charge on any atom is 0.0180 e. The van der Waals surface area contributed by atoms with Gasteiger partial charge in [-0.25, -0.2) is 0 Å². The molecule has 0 aromatic carbocycles. The Bertz CT molecular complexity index is 208. The summed E-state index contributed by atoms with van der Waals surface area (Å²) >= 11 is 0. The van der Waals surface area contributed by atoms with Gasteiger partial charge in [-0.15, -0.1) is 17.6 Å². The summed E-state index contributed by atoms with van der Waals surface area (Å²) in [6, 6.07) is 0. The van der Waals surface area contributed by atoms with Gasteiger partial charge in [-0.05, 0) is 18.4 Å². The van der Waals surface area contributed by atoms with Crippen molar-refractivity contribution in [2.24, 2.45) is 11.8 Å². The molecule has 0 spiro atoms. The monoisotopic (exact) mass is 162 g/mol.